The number of hydrogen-bond donors (Lipinski definition) is 1. The first-order chi connectivity index (χ1) is 8.15. The van der Waals surface area contributed by atoms with Crippen LogP contribution in [0.4, 0.5) is 10.1 Å². The highest BCUT2D eigenvalue weighted by Gasteiger charge is 2.17. The van der Waals surface area contributed by atoms with E-state index in [0.717, 1.165) is 25.3 Å². The number of likely N-dealkylation sites (N-methyl/N-ethyl adjacent to an activating group) is 1. The van der Waals surface area contributed by atoms with E-state index in [2.05, 4.69) is 17.3 Å². The lowest BCUT2D eigenvalue weighted by molar-refractivity contribution is -0.0117. The molecule has 1 aliphatic heterocycles. The number of halogens is 1. The molecule has 0 bridgehead atoms. The lowest BCUT2D eigenvalue weighted by Crippen LogP contribution is -2.43. The average molecular weight is 238 g/mol. The Morgan fingerprint density at radius 1 is 1.53 bits per heavy atom. The van der Waals surface area contributed by atoms with Gasteiger partial charge >= 0.3 is 0 Å². The molecular formula is C13H19FN2O. The molecule has 0 radical (unpaired) electrons. The van der Waals surface area contributed by atoms with Gasteiger partial charge in [0.1, 0.15) is 5.82 Å². The highest BCUT2D eigenvalue weighted by molar-refractivity contribution is 5.47. The molecule has 1 atom stereocenters. The Kier molecular flexibility index (Phi) is 3.97. The minimum Gasteiger partial charge on any atom is -0.380 e. The monoisotopic (exact) mass is 238 g/mol. The molecule has 94 valence electrons. The zero-order chi connectivity index (χ0) is 12.3. The van der Waals surface area contributed by atoms with Crippen molar-refractivity contribution in [1.82, 2.24) is 4.90 Å². The fraction of sp³-hybridized carbons (Fsp3) is 0.538. The first kappa shape index (κ1) is 12.3. The molecule has 2 rings (SSSR count). The molecule has 1 aliphatic rings. The maximum absolute atomic E-state index is 13.5. The van der Waals surface area contributed by atoms with Crippen LogP contribution in [0.5, 0.6) is 0 Å². The highest BCUT2D eigenvalue weighted by Crippen LogP contribution is 2.16. The predicted molar refractivity (Wildman–Crippen MR) is 66.9 cm³/mol. The normalized spacial score (nSPS) is 21.5. The van der Waals surface area contributed by atoms with Gasteiger partial charge in [-0.15, -0.1) is 0 Å². The molecular weight excluding hydrogens is 219 g/mol. The molecule has 1 N–H and O–H groups in total. The standard InChI is InChI=1S/C13H19FN2O/c1-10-3-4-12(14)13(7-10)15-8-11-9-16(2)5-6-17-11/h3-4,7,11,15H,5-6,8-9H2,1-2H3. The van der Waals surface area contributed by atoms with Gasteiger partial charge in [0.05, 0.1) is 18.4 Å². The molecule has 0 saturated carbocycles. The van der Waals surface area contributed by atoms with Crippen LogP contribution in [0.15, 0.2) is 18.2 Å². The Morgan fingerprint density at radius 3 is 3.12 bits per heavy atom. The number of rotatable bonds is 3. The quantitative estimate of drug-likeness (QED) is 0.870. The third kappa shape index (κ3) is 3.41. The summed E-state index contributed by atoms with van der Waals surface area (Å²) in [6.45, 7) is 5.20. The van der Waals surface area contributed by atoms with E-state index in [0.29, 0.717) is 12.2 Å². The fourth-order valence-corrected chi connectivity index (χ4v) is 1.99. The van der Waals surface area contributed by atoms with Crippen molar-refractivity contribution in [3.05, 3.63) is 29.6 Å². The van der Waals surface area contributed by atoms with Gasteiger partial charge in [0.25, 0.3) is 0 Å². The molecule has 4 heteroatoms. The summed E-state index contributed by atoms with van der Waals surface area (Å²) < 4.78 is 19.1. The second kappa shape index (κ2) is 5.47. The molecule has 0 spiro atoms. The van der Waals surface area contributed by atoms with Gasteiger partial charge in [0.2, 0.25) is 0 Å². The Bertz CT molecular complexity index is 384. The summed E-state index contributed by atoms with van der Waals surface area (Å²) in [5.74, 6) is -0.209. The van der Waals surface area contributed by atoms with E-state index in [-0.39, 0.29) is 11.9 Å². The van der Waals surface area contributed by atoms with Crippen molar-refractivity contribution < 1.29 is 9.13 Å². The molecule has 0 aliphatic carbocycles. The van der Waals surface area contributed by atoms with E-state index in [1.807, 2.05) is 13.0 Å². The van der Waals surface area contributed by atoms with E-state index in [1.165, 1.54) is 6.07 Å². The van der Waals surface area contributed by atoms with Crippen LogP contribution in [-0.2, 0) is 4.74 Å². The highest BCUT2D eigenvalue weighted by atomic mass is 19.1. The van der Waals surface area contributed by atoms with Crippen molar-refractivity contribution in [2.45, 2.75) is 13.0 Å². The number of benzene rings is 1. The number of nitrogens with zero attached hydrogens (tertiary/aromatic N) is 1. The van der Waals surface area contributed by atoms with Crippen LogP contribution in [0.2, 0.25) is 0 Å². The Morgan fingerprint density at radius 2 is 2.35 bits per heavy atom. The van der Waals surface area contributed by atoms with Crippen LogP contribution < -0.4 is 5.32 Å². The zero-order valence-corrected chi connectivity index (χ0v) is 10.4. The van der Waals surface area contributed by atoms with Crippen LogP contribution >= 0.6 is 0 Å². The van der Waals surface area contributed by atoms with Crippen molar-refractivity contribution in [3.8, 4) is 0 Å². The number of hydrogen-bond acceptors (Lipinski definition) is 3. The second-order valence-electron chi connectivity index (χ2n) is 4.62. The summed E-state index contributed by atoms with van der Waals surface area (Å²) in [4.78, 5) is 2.22. The minimum atomic E-state index is -0.209. The van der Waals surface area contributed by atoms with Crippen molar-refractivity contribution >= 4 is 5.69 Å². The van der Waals surface area contributed by atoms with Gasteiger partial charge in [0.15, 0.2) is 0 Å². The van der Waals surface area contributed by atoms with Gasteiger partial charge < -0.3 is 15.0 Å². The van der Waals surface area contributed by atoms with Crippen LogP contribution in [0.1, 0.15) is 5.56 Å². The average Bonchev–Trinajstić information content (AvgIpc) is 2.30. The summed E-state index contributed by atoms with van der Waals surface area (Å²) in [5.41, 5.74) is 1.61. The summed E-state index contributed by atoms with van der Waals surface area (Å²) in [7, 11) is 2.07. The maximum Gasteiger partial charge on any atom is 0.146 e. The summed E-state index contributed by atoms with van der Waals surface area (Å²) >= 11 is 0. The van der Waals surface area contributed by atoms with E-state index in [1.54, 1.807) is 6.07 Å². The first-order valence-corrected chi connectivity index (χ1v) is 5.95. The van der Waals surface area contributed by atoms with Crippen molar-refractivity contribution in [3.63, 3.8) is 0 Å². The van der Waals surface area contributed by atoms with Crippen LogP contribution in [0.25, 0.3) is 0 Å². The zero-order valence-electron chi connectivity index (χ0n) is 10.4. The van der Waals surface area contributed by atoms with Gasteiger partial charge in [-0.3, -0.25) is 0 Å². The third-order valence-electron chi connectivity index (χ3n) is 2.98. The summed E-state index contributed by atoms with van der Waals surface area (Å²) in [5, 5.41) is 3.12. The van der Waals surface area contributed by atoms with Crippen molar-refractivity contribution in [2.75, 3.05) is 38.6 Å². The number of aryl methyl sites for hydroxylation is 1. The number of morpholine rings is 1. The molecule has 3 nitrogen and oxygen atoms in total. The number of anilines is 1. The molecule has 0 amide bonds. The molecule has 1 aromatic rings. The van der Waals surface area contributed by atoms with Crippen molar-refractivity contribution in [1.29, 1.82) is 0 Å². The molecule has 1 unspecified atom stereocenters. The molecule has 1 aromatic carbocycles. The van der Waals surface area contributed by atoms with Crippen LogP contribution in [0, 0.1) is 12.7 Å². The number of nitrogens with one attached hydrogen (secondary N) is 1. The van der Waals surface area contributed by atoms with E-state index < -0.39 is 0 Å². The minimum absolute atomic E-state index is 0.133. The van der Waals surface area contributed by atoms with Gasteiger partial charge in [-0.1, -0.05) is 6.07 Å². The maximum atomic E-state index is 13.5. The van der Waals surface area contributed by atoms with E-state index in [9.17, 15) is 4.39 Å². The van der Waals surface area contributed by atoms with E-state index in [4.69, 9.17) is 4.74 Å². The predicted octanol–water partition coefficient (Wildman–Crippen LogP) is 1.88. The SMILES string of the molecule is Cc1ccc(F)c(NCC2CN(C)CCO2)c1. The number of ether oxygens (including phenoxy) is 1. The molecule has 1 saturated heterocycles. The lowest BCUT2D eigenvalue weighted by atomic mass is 10.2. The molecule has 17 heavy (non-hydrogen) atoms. The molecule has 1 heterocycles. The fourth-order valence-electron chi connectivity index (χ4n) is 1.99. The summed E-state index contributed by atoms with van der Waals surface area (Å²) in [6.07, 6.45) is 0.133. The second-order valence-corrected chi connectivity index (χ2v) is 4.62. The van der Waals surface area contributed by atoms with Crippen LogP contribution in [0.3, 0.4) is 0 Å². The van der Waals surface area contributed by atoms with Crippen molar-refractivity contribution in [2.24, 2.45) is 0 Å². The molecule has 0 aromatic heterocycles. The largest absolute Gasteiger partial charge is 0.380 e. The first-order valence-electron chi connectivity index (χ1n) is 5.95. The Labute approximate surface area is 102 Å². The smallest absolute Gasteiger partial charge is 0.146 e. The Balaban J connectivity index is 1.90. The van der Waals surface area contributed by atoms with Crippen LogP contribution in [-0.4, -0.2) is 44.3 Å². The molecule has 1 fully saturated rings. The van der Waals surface area contributed by atoms with Gasteiger partial charge in [0, 0.05) is 19.6 Å². The summed E-state index contributed by atoms with van der Waals surface area (Å²) in [6, 6.07) is 5.08. The van der Waals surface area contributed by atoms with Gasteiger partial charge in [-0.05, 0) is 31.7 Å². The van der Waals surface area contributed by atoms with Gasteiger partial charge in [-0.2, -0.15) is 0 Å². The van der Waals surface area contributed by atoms with Gasteiger partial charge in [-0.25, -0.2) is 4.39 Å². The Hall–Kier alpha value is -1.13. The third-order valence-corrected chi connectivity index (χ3v) is 2.98. The lowest BCUT2D eigenvalue weighted by Gasteiger charge is -2.30. The topological polar surface area (TPSA) is 24.5 Å². The van der Waals surface area contributed by atoms with E-state index >= 15 is 0 Å².